The Morgan fingerprint density at radius 1 is 1.11 bits per heavy atom. The predicted molar refractivity (Wildman–Crippen MR) is 140 cm³/mol. The molecule has 0 N–H and O–H groups in total. The van der Waals surface area contributed by atoms with Crippen molar-refractivity contribution in [3.05, 3.63) is 83.9 Å². The van der Waals surface area contributed by atoms with Crippen LogP contribution >= 0.6 is 11.3 Å². The van der Waals surface area contributed by atoms with Gasteiger partial charge in [-0.25, -0.2) is 4.98 Å². The maximum Gasteiger partial charge on any atom is 0.234 e. The number of carbonyl (C=O) groups is 2. The highest BCUT2D eigenvalue weighted by molar-refractivity contribution is 7.22. The van der Waals surface area contributed by atoms with E-state index in [0.717, 1.165) is 32.8 Å². The van der Waals surface area contributed by atoms with E-state index in [0.29, 0.717) is 24.8 Å². The lowest BCUT2D eigenvalue weighted by atomic mass is 10.1. The highest BCUT2D eigenvalue weighted by atomic mass is 32.1. The van der Waals surface area contributed by atoms with Crippen molar-refractivity contribution >= 4 is 44.2 Å². The molecule has 0 unspecified atom stereocenters. The van der Waals surface area contributed by atoms with Crippen molar-refractivity contribution in [2.45, 2.75) is 26.8 Å². The predicted octanol–water partition coefficient (Wildman–Crippen LogP) is 5.59. The van der Waals surface area contributed by atoms with Gasteiger partial charge in [-0.1, -0.05) is 47.7 Å². The largest absolute Gasteiger partial charge is 0.494 e. The van der Waals surface area contributed by atoms with Crippen molar-refractivity contribution in [3.63, 3.8) is 0 Å². The van der Waals surface area contributed by atoms with Gasteiger partial charge in [0.2, 0.25) is 11.8 Å². The fourth-order valence-corrected chi connectivity index (χ4v) is 5.44. The van der Waals surface area contributed by atoms with Gasteiger partial charge in [0.05, 0.1) is 29.3 Å². The molecule has 1 atom stereocenters. The lowest BCUT2D eigenvalue weighted by Gasteiger charge is -2.23. The second-order valence-electron chi connectivity index (χ2n) is 8.71. The topological polar surface area (TPSA) is 62.7 Å². The van der Waals surface area contributed by atoms with Crippen LogP contribution in [0.15, 0.2) is 72.8 Å². The number of ether oxygens (including phenoxy) is 1. The summed E-state index contributed by atoms with van der Waals surface area (Å²) in [6, 6.07) is 23.4. The van der Waals surface area contributed by atoms with Crippen LogP contribution in [0.25, 0.3) is 10.2 Å². The third kappa shape index (κ3) is 4.91. The van der Waals surface area contributed by atoms with Crippen LogP contribution in [0.2, 0.25) is 0 Å². The number of thiazole rings is 1. The summed E-state index contributed by atoms with van der Waals surface area (Å²) >= 11 is 1.51. The van der Waals surface area contributed by atoms with Crippen LogP contribution in [-0.4, -0.2) is 29.9 Å². The Morgan fingerprint density at radius 3 is 2.63 bits per heavy atom. The number of aromatic nitrogens is 1. The molecule has 6 nitrogen and oxygen atoms in total. The summed E-state index contributed by atoms with van der Waals surface area (Å²) < 4.78 is 6.55. The Balaban J connectivity index is 1.42. The summed E-state index contributed by atoms with van der Waals surface area (Å²) in [7, 11) is 0. The second-order valence-corrected chi connectivity index (χ2v) is 9.72. The molecule has 0 bridgehead atoms. The number of hydrogen-bond acceptors (Lipinski definition) is 5. The summed E-state index contributed by atoms with van der Waals surface area (Å²) in [6.45, 7) is 5.32. The van der Waals surface area contributed by atoms with Gasteiger partial charge in [-0.15, -0.1) is 0 Å². The zero-order chi connectivity index (χ0) is 24.4. The molecule has 3 aromatic carbocycles. The van der Waals surface area contributed by atoms with Crippen molar-refractivity contribution in [3.8, 4) is 5.75 Å². The zero-order valence-electron chi connectivity index (χ0n) is 19.8. The molecule has 1 aliphatic heterocycles. The van der Waals surface area contributed by atoms with Crippen molar-refractivity contribution in [1.82, 2.24) is 4.98 Å². The van der Waals surface area contributed by atoms with Gasteiger partial charge in [0.15, 0.2) is 5.13 Å². The van der Waals surface area contributed by atoms with E-state index in [1.807, 2.05) is 80.6 Å². The maximum atomic E-state index is 13.8. The molecular weight excluding hydrogens is 458 g/mol. The lowest BCUT2D eigenvalue weighted by molar-refractivity contribution is -0.124. The molecule has 0 spiro atoms. The molecule has 4 aromatic rings. The summed E-state index contributed by atoms with van der Waals surface area (Å²) in [5, 5.41) is 0.659. The minimum atomic E-state index is -0.438. The number of fused-ring (bicyclic) bond motifs is 1. The molecule has 1 saturated heterocycles. The normalized spacial score (nSPS) is 15.5. The van der Waals surface area contributed by atoms with E-state index in [9.17, 15) is 9.59 Å². The van der Waals surface area contributed by atoms with Gasteiger partial charge in [-0.2, -0.15) is 0 Å². The average Bonchev–Trinajstić information content (AvgIpc) is 3.46. The van der Waals surface area contributed by atoms with Gasteiger partial charge in [0, 0.05) is 18.7 Å². The van der Waals surface area contributed by atoms with Gasteiger partial charge in [-0.3, -0.25) is 14.5 Å². The molecule has 5 rings (SSSR count). The van der Waals surface area contributed by atoms with Crippen molar-refractivity contribution in [2.24, 2.45) is 5.92 Å². The monoisotopic (exact) mass is 485 g/mol. The van der Waals surface area contributed by atoms with Gasteiger partial charge in [0.1, 0.15) is 5.75 Å². The first-order valence-corrected chi connectivity index (χ1v) is 12.6. The maximum absolute atomic E-state index is 13.8. The second kappa shape index (κ2) is 9.88. The molecule has 7 heteroatoms. The minimum Gasteiger partial charge on any atom is -0.494 e. The van der Waals surface area contributed by atoms with Crippen LogP contribution in [0.3, 0.4) is 0 Å². The number of nitrogens with zero attached hydrogens (tertiary/aromatic N) is 3. The van der Waals surface area contributed by atoms with Gasteiger partial charge in [-0.05, 0) is 61.4 Å². The van der Waals surface area contributed by atoms with Crippen LogP contribution in [0, 0.1) is 12.8 Å². The first kappa shape index (κ1) is 23.1. The molecule has 2 heterocycles. The van der Waals surface area contributed by atoms with E-state index in [-0.39, 0.29) is 18.2 Å². The van der Waals surface area contributed by atoms with E-state index in [2.05, 4.69) is 6.07 Å². The smallest absolute Gasteiger partial charge is 0.234 e. The van der Waals surface area contributed by atoms with Crippen molar-refractivity contribution in [2.75, 3.05) is 23.0 Å². The van der Waals surface area contributed by atoms with E-state index in [1.165, 1.54) is 11.3 Å². The first-order chi connectivity index (χ1) is 17.0. The lowest BCUT2D eigenvalue weighted by Crippen LogP contribution is -2.37. The number of rotatable bonds is 7. The van der Waals surface area contributed by atoms with Crippen LogP contribution < -0.4 is 14.5 Å². The molecule has 0 aliphatic carbocycles. The quantitative estimate of drug-likeness (QED) is 0.342. The molecule has 0 radical (unpaired) electrons. The fraction of sp³-hybridized carbons (Fsp3) is 0.250. The third-order valence-electron chi connectivity index (χ3n) is 6.15. The van der Waals surface area contributed by atoms with E-state index >= 15 is 0 Å². The van der Waals surface area contributed by atoms with E-state index in [4.69, 9.17) is 9.72 Å². The Bertz CT molecular complexity index is 1350. The number of aryl methyl sites for hydroxylation is 1. The van der Waals surface area contributed by atoms with Crippen molar-refractivity contribution < 1.29 is 14.3 Å². The summed E-state index contributed by atoms with van der Waals surface area (Å²) in [6.07, 6.45) is 0.182. The molecule has 1 aliphatic rings. The van der Waals surface area contributed by atoms with Crippen molar-refractivity contribution in [1.29, 1.82) is 0 Å². The van der Waals surface area contributed by atoms with Gasteiger partial charge < -0.3 is 9.64 Å². The SMILES string of the molecule is CCOc1ccc(N2C[C@@H](C(=O)N(Cc3ccccc3)c3nc4ccc(C)cc4s3)CC2=O)cc1. The number of carbonyl (C=O) groups excluding carboxylic acids is 2. The number of amides is 2. The molecule has 1 fully saturated rings. The Kier molecular flexibility index (Phi) is 6.51. The summed E-state index contributed by atoms with van der Waals surface area (Å²) in [4.78, 5) is 35.0. The third-order valence-corrected chi connectivity index (χ3v) is 7.19. The van der Waals surface area contributed by atoms with Gasteiger partial charge >= 0.3 is 0 Å². The minimum absolute atomic E-state index is 0.0490. The highest BCUT2D eigenvalue weighted by Crippen LogP contribution is 2.34. The Hall–Kier alpha value is -3.71. The number of hydrogen-bond donors (Lipinski definition) is 0. The molecule has 0 saturated carbocycles. The first-order valence-electron chi connectivity index (χ1n) is 11.8. The zero-order valence-corrected chi connectivity index (χ0v) is 20.6. The summed E-state index contributed by atoms with van der Waals surface area (Å²) in [5.41, 5.74) is 3.82. The Morgan fingerprint density at radius 2 is 1.89 bits per heavy atom. The molecule has 2 amide bonds. The van der Waals surface area contributed by atoms with Crippen LogP contribution in [-0.2, 0) is 16.1 Å². The molecule has 178 valence electrons. The molecule has 35 heavy (non-hydrogen) atoms. The van der Waals surface area contributed by atoms with Crippen LogP contribution in [0.1, 0.15) is 24.5 Å². The molecule has 1 aromatic heterocycles. The standard InChI is InChI=1S/C28H27N3O3S/c1-3-34-23-12-10-22(11-13-23)30-18-21(16-26(30)32)27(33)31(17-20-7-5-4-6-8-20)28-29-24-14-9-19(2)15-25(24)35-28/h4-15,21H,3,16-18H2,1-2H3/t21-/m0/s1. The number of anilines is 2. The fourth-order valence-electron chi connectivity index (χ4n) is 4.37. The van der Waals surface area contributed by atoms with E-state index < -0.39 is 5.92 Å². The van der Waals surface area contributed by atoms with E-state index in [1.54, 1.807) is 9.80 Å². The van der Waals surface area contributed by atoms with Crippen LogP contribution in [0.5, 0.6) is 5.75 Å². The molecular formula is C28H27N3O3S. The van der Waals surface area contributed by atoms with Gasteiger partial charge in [0.25, 0.3) is 0 Å². The highest BCUT2D eigenvalue weighted by Gasteiger charge is 2.38. The summed E-state index contributed by atoms with van der Waals surface area (Å²) in [5.74, 6) is 0.195. The average molecular weight is 486 g/mol. The number of benzene rings is 3. The van der Waals surface area contributed by atoms with Crippen LogP contribution in [0.4, 0.5) is 10.8 Å². The Labute approximate surface area is 208 Å².